The van der Waals surface area contributed by atoms with Crippen LogP contribution < -0.4 is 0 Å². The van der Waals surface area contributed by atoms with Gasteiger partial charge in [-0.3, -0.25) is 4.79 Å². The van der Waals surface area contributed by atoms with E-state index in [0.29, 0.717) is 10.8 Å². The summed E-state index contributed by atoms with van der Waals surface area (Å²) in [5.74, 6) is -1.10. The highest BCUT2D eigenvalue weighted by molar-refractivity contribution is 7.14. The van der Waals surface area contributed by atoms with Crippen molar-refractivity contribution in [2.45, 2.75) is 13.3 Å². The summed E-state index contributed by atoms with van der Waals surface area (Å²) in [6.45, 7) is 1.69. The predicted octanol–water partition coefficient (Wildman–Crippen LogP) is 2.66. The molecule has 0 bridgehead atoms. The van der Waals surface area contributed by atoms with Crippen molar-refractivity contribution >= 4 is 28.9 Å². The Hall–Kier alpha value is -0.540. The minimum atomic E-state index is -0.766. The fourth-order valence-electron chi connectivity index (χ4n) is 0.894. The van der Waals surface area contributed by atoms with Crippen LogP contribution in [-0.4, -0.2) is 11.1 Å². The van der Waals surface area contributed by atoms with Crippen LogP contribution in [0.1, 0.15) is 12.5 Å². The Bertz CT molecular complexity index is 282. The Labute approximate surface area is 79.8 Å². The fraction of sp³-hybridized carbons (Fsp3) is 0.375. The van der Waals surface area contributed by atoms with Gasteiger partial charge in [-0.1, -0.05) is 18.5 Å². The number of aliphatic carboxylic acids is 1. The van der Waals surface area contributed by atoms with Crippen molar-refractivity contribution in [1.29, 1.82) is 0 Å². The van der Waals surface area contributed by atoms with Crippen molar-refractivity contribution in [3.8, 4) is 0 Å². The first kappa shape index (κ1) is 9.55. The summed E-state index contributed by atoms with van der Waals surface area (Å²) in [5, 5.41) is 10.5. The molecule has 0 aliphatic rings. The van der Waals surface area contributed by atoms with Gasteiger partial charge in [0.25, 0.3) is 0 Å². The maximum Gasteiger partial charge on any atom is 0.306 e. The molecule has 1 heterocycles. The number of hydrogen-bond acceptors (Lipinski definition) is 2. The Morgan fingerprint density at radius 3 is 2.92 bits per heavy atom. The van der Waals surface area contributed by atoms with Crippen LogP contribution in [0.25, 0.3) is 0 Å². The number of carboxylic acid groups (broad SMARTS) is 1. The molecule has 1 unspecified atom stereocenters. The smallest absolute Gasteiger partial charge is 0.306 e. The lowest BCUT2D eigenvalue weighted by Gasteiger charge is -2.02. The summed E-state index contributed by atoms with van der Waals surface area (Å²) in [5.41, 5.74) is 1.000. The SMILES string of the molecule is CC(Cc1csc(Cl)c1)C(=O)O. The normalized spacial score (nSPS) is 12.8. The number of halogens is 1. The van der Waals surface area contributed by atoms with Gasteiger partial charge in [-0.05, 0) is 23.4 Å². The molecular formula is C8H9ClO2S. The number of hydrogen-bond donors (Lipinski definition) is 1. The number of thiophene rings is 1. The average molecular weight is 205 g/mol. The molecule has 1 aromatic rings. The van der Waals surface area contributed by atoms with E-state index >= 15 is 0 Å². The Morgan fingerprint density at radius 1 is 1.83 bits per heavy atom. The molecule has 0 aromatic carbocycles. The molecule has 0 amide bonds. The van der Waals surface area contributed by atoms with Crippen LogP contribution in [0.15, 0.2) is 11.4 Å². The molecule has 1 atom stereocenters. The van der Waals surface area contributed by atoms with E-state index in [1.165, 1.54) is 11.3 Å². The Balaban J connectivity index is 2.58. The summed E-state index contributed by atoms with van der Waals surface area (Å²) in [6.07, 6.45) is 0.554. The molecule has 4 heteroatoms. The Kier molecular flexibility index (Phi) is 3.12. The van der Waals surface area contributed by atoms with E-state index < -0.39 is 5.97 Å². The number of carboxylic acids is 1. The van der Waals surface area contributed by atoms with E-state index in [1.807, 2.05) is 11.4 Å². The summed E-state index contributed by atoms with van der Waals surface area (Å²) in [6, 6.07) is 1.81. The van der Waals surface area contributed by atoms with Crippen LogP contribution >= 0.6 is 22.9 Å². The number of carbonyl (C=O) groups is 1. The molecule has 0 saturated carbocycles. The lowest BCUT2D eigenvalue weighted by molar-refractivity contribution is -0.141. The summed E-state index contributed by atoms with van der Waals surface area (Å²) >= 11 is 7.13. The molecular weight excluding hydrogens is 196 g/mol. The van der Waals surface area contributed by atoms with Gasteiger partial charge >= 0.3 is 5.97 Å². The van der Waals surface area contributed by atoms with Crippen LogP contribution in [0.5, 0.6) is 0 Å². The van der Waals surface area contributed by atoms with Gasteiger partial charge in [0.05, 0.1) is 10.3 Å². The van der Waals surface area contributed by atoms with Crippen molar-refractivity contribution < 1.29 is 9.90 Å². The van der Waals surface area contributed by atoms with Crippen molar-refractivity contribution in [2.75, 3.05) is 0 Å². The fourth-order valence-corrected chi connectivity index (χ4v) is 1.82. The molecule has 66 valence electrons. The molecule has 1 aromatic heterocycles. The van der Waals surface area contributed by atoms with Gasteiger partial charge in [-0.2, -0.15) is 0 Å². The van der Waals surface area contributed by atoms with E-state index in [-0.39, 0.29) is 5.92 Å². The van der Waals surface area contributed by atoms with Gasteiger partial charge in [0.15, 0.2) is 0 Å². The zero-order chi connectivity index (χ0) is 9.14. The molecule has 0 radical (unpaired) electrons. The van der Waals surface area contributed by atoms with E-state index in [1.54, 1.807) is 6.92 Å². The van der Waals surface area contributed by atoms with Gasteiger partial charge in [-0.15, -0.1) is 11.3 Å². The second kappa shape index (κ2) is 3.92. The predicted molar refractivity (Wildman–Crippen MR) is 49.8 cm³/mol. The monoisotopic (exact) mass is 204 g/mol. The van der Waals surface area contributed by atoms with Gasteiger partial charge in [0, 0.05) is 0 Å². The number of rotatable bonds is 3. The maximum absolute atomic E-state index is 10.5. The molecule has 0 aliphatic carbocycles. The first-order valence-electron chi connectivity index (χ1n) is 3.55. The third kappa shape index (κ3) is 2.50. The molecule has 2 nitrogen and oxygen atoms in total. The molecule has 0 saturated heterocycles. The Morgan fingerprint density at radius 2 is 2.50 bits per heavy atom. The first-order chi connectivity index (χ1) is 5.59. The van der Waals surface area contributed by atoms with Gasteiger partial charge < -0.3 is 5.11 Å². The van der Waals surface area contributed by atoms with Crippen molar-refractivity contribution in [1.82, 2.24) is 0 Å². The van der Waals surface area contributed by atoms with Gasteiger partial charge in [0.1, 0.15) is 0 Å². The van der Waals surface area contributed by atoms with Crippen LogP contribution in [0.2, 0.25) is 4.34 Å². The largest absolute Gasteiger partial charge is 0.481 e. The molecule has 1 rings (SSSR count). The van der Waals surface area contributed by atoms with Gasteiger partial charge in [-0.25, -0.2) is 0 Å². The van der Waals surface area contributed by atoms with E-state index in [0.717, 1.165) is 5.56 Å². The second-order valence-corrected chi connectivity index (χ2v) is 4.25. The highest BCUT2D eigenvalue weighted by atomic mass is 35.5. The summed E-state index contributed by atoms with van der Waals surface area (Å²) in [7, 11) is 0. The minimum Gasteiger partial charge on any atom is -0.481 e. The average Bonchev–Trinajstić information content (AvgIpc) is 2.35. The minimum absolute atomic E-state index is 0.337. The summed E-state index contributed by atoms with van der Waals surface area (Å²) < 4.78 is 0.711. The van der Waals surface area contributed by atoms with Gasteiger partial charge in [0.2, 0.25) is 0 Å². The molecule has 0 aliphatic heterocycles. The topological polar surface area (TPSA) is 37.3 Å². The van der Waals surface area contributed by atoms with Crippen molar-refractivity contribution in [3.05, 3.63) is 21.3 Å². The zero-order valence-electron chi connectivity index (χ0n) is 6.58. The third-order valence-corrected chi connectivity index (χ3v) is 2.73. The van der Waals surface area contributed by atoms with Crippen molar-refractivity contribution in [2.24, 2.45) is 5.92 Å². The third-order valence-electron chi connectivity index (χ3n) is 1.59. The quantitative estimate of drug-likeness (QED) is 0.822. The van der Waals surface area contributed by atoms with E-state index in [2.05, 4.69) is 0 Å². The second-order valence-electron chi connectivity index (χ2n) is 2.70. The lowest BCUT2D eigenvalue weighted by Crippen LogP contribution is -2.11. The van der Waals surface area contributed by atoms with Crippen molar-refractivity contribution in [3.63, 3.8) is 0 Å². The zero-order valence-corrected chi connectivity index (χ0v) is 8.15. The highest BCUT2D eigenvalue weighted by Crippen LogP contribution is 2.22. The molecule has 0 fully saturated rings. The molecule has 12 heavy (non-hydrogen) atoms. The van der Waals surface area contributed by atoms with Crippen LogP contribution in [-0.2, 0) is 11.2 Å². The highest BCUT2D eigenvalue weighted by Gasteiger charge is 2.11. The van der Waals surface area contributed by atoms with E-state index in [9.17, 15) is 4.79 Å². The molecule has 0 spiro atoms. The van der Waals surface area contributed by atoms with Crippen LogP contribution in [0.3, 0.4) is 0 Å². The van der Waals surface area contributed by atoms with E-state index in [4.69, 9.17) is 16.7 Å². The maximum atomic E-state index is 10.5. The van der Waals surface area contributed by atoms with Crippen LogP contribution in [0, 0.1) is 5.92 Å². The lowest BCUT2D eigenvalue weighted by atomic mass is 10.0. The summed E-state index contributed by atoms with van der Waals surface area (Å²) in [4.78, 5) is 10.5. The van der Waals surface area contributed by atoms with Crippen LogP contribution in [0.4, 0.5) is 0 Å². The standard InChI is InChI=1S/C8H9ClO2S/c1-5(8(10)11)2-6-3-7(9)12-4-6/h3-5H,2H2,1H3,(H,10,11). The first-order valence-corrected chi connectivity index (χ1v) is 4.81. The molecule has 1 N–H and O–H groups in total.